The van der Waals surface area contributed by atoms with Crippen LogP contribution in [-0.2, 0) is 11.3 Å². The highest BCUT2D eigenvalue weighted by Gasteiger charge is 2.23. The summed E-state index contributed by atoms with van der Waals surface area (Å²) in [7, 11) is 1.58. The summed E-state index contributed by atoms with van der Waals surface area (Å²) in [5, 5.41) is 14.0. The minimum atomic E-state index is -1.04. The summed E-state index contributed by atoms with van der Waals surface area (Å²) in [6.07, 6.45) is 0. The molecule has 6 nitrogen and oxygen atoms in total. The van der Waals surface area contributed by atoms with Crippen molar-refractivity contribution in [2.75, 3.05) is 7.11 Å². The average Bonchev–Trinajstić information content (AvgIpc) is 2.42. The molecule has 3 N–H and O–H groups in total. The summed E-state index contributed by atoms with van der Waals surface area (Å²) in [4.78, 5) is 22.6. The van der Waals surface area contributed by atoms with E-state index in [0.717, 1.165) is 11.3 Å². The van der Waals surface area contributed by atoms with E-state index in [2.05, 4.69) is 10.6 Å². The molecule has 1 aromatic rings. The fraction of sp³-hybridized carbons (Fsp3) is 0.429. The second-order valence-electron chi connectivity index (χ2n) is 4.74. The predicted molar refractivity (Wildman–Crippen MR) is 74.6 cm³/mol. The Morgan fingerprint density at radius 3 is 2.30 bits per heavy atom. The largest absolute Gasteiger partial charge is 0.497 e. The first-order valence-electron chi connectivity index (χ1n) is 6.34. The van der Waals surface area contributed by atoms with Gasteiger partial charge in [-0.2, -0.15) is 0 Å². The van der Waals surface area contributed by atoms with Crippen molar-refractivity contribution < 1.29 is 19.4 Å². The van der Waals surface area contributed by atoms with Crippen LogP contribution in [0.25, 0.3) is 0 Å². The highest BCUT2D eigenvalue weighted by Crippen LogP contribution is 2.10. The summed E-state index contributed by atoms with van der Waals surface area (Å²) in [5.41, 5.74) is 0.900. The molecule has 20 heavy (non-hydrogen) atoms. The summed E-state index contributed by atoms with van der Waals surface area (Å²) >= 11 is 0. The van der Waals surface area contributed by atoms with E-state index in [1.54, 1.807) is 33.1 Å². The van der Waals surface area contributed by atoms with Gasteiger partial charge in [-0.15, -0.1) is 0 Å². The van der Waals surface area contributed by atoms with E-state index < -0.39 is 18.0 Å². The van der Waals surface area contributed by atoms with Crippen molar-refractivity contribution >= 4 is 12.0 Å². The topological polar surface area (TPSA) is 87.7 Å². The second kappa shape index (κ2) is 7.37. The zero-order valence-corrected chi connectivity index (χ0v) is 11.8. The number of aliphatic carboxylic acids is 1. The minimum absolute atomic E-state index is 0.181. The van der Waals surface area contributed by atoms with Gasteiger partial charge in [0.2, 0.25) is 0 Å². The lowest BCUT2D eigenvalue weighted by Gasteiger charge is -2.18. The van der Waals surface area contributed by atoms with Crippen molar-refractivity contribution in [2.24, 2.45) is 5.92 Å². The lowest BCUT2D eigenvalue weighted by atomic mass is 10.1. The van der Waals surface area contributed by atoms with Gasteiger partial charge in [-0.05, 0) is 23.6 Å². The zero-order chi connectivity index (χ0) is 15.1. The minimum Gasteiger partial charge on any atom is -0.497 e. The Balaban J connectivity index is 2.47. The molecule has 0 bridgehead atoms. The maximum absolute atomic E-state index is 11.6. The van der Waals surface area contributed by atoms with Crippen molar-refractivity contribution in [1.82, 2.24) is 10.6 Å². The van der Waals surface area contributed by atoms with Gasteiger partial charge in [0, 0.05) is 6.54 Å². The Labute approximate surface area is 118 Å². The smallest absolute Gasteiger partial charge is 0.326 e. The van der Waals surface area contributed by atoms with Gasteiger partial charge in [0.25, 0.3) is 0 Å². The molecule has 0 aliphatic carbocycles. The second-order valence-corrected chi connectivity index (χ2v) is 4.74. The molecule has 0 heterocycles. The normalized spacial score (nSPS) is 11.8. The van der Waals surface area contributed by atoms with Gasteiger partial charge in [-0.25, -0.2) is 9.59 Å². The molecule has 1 rings (SSSR count). The van der Waals surface area contributed by atoms with Crippen LogP contribution in [0.3, 0.4) is 0 Å². The Kier molecular flexibility index (Phi) is 5.83. The molecule has 0 fully saturated rings. The van der Waals surface area contributed by atoms with Crippen molar-refractivity contribution in [2.45, 2.75) is 26.4 Å². The van der Waals surface area contributed by atoms with Gasteiger partial charge in [0.1, 0.15) is 11.8 Å². The van der Waals surface area contributed by atoms with E-state index in [0.29, 0.717) is 6.54 Å². The van der Waals surface area contributed by atoms with Gasteiger partial charge in [0.05, 0.1) is 7.11 Å². The molecule has 0 aliphatic rings. The number of ether oxygens (including phenoxy) is 1. The van der Waals surface area contributed by atoms with Crippen molar-refractivity contribution in [3.05, 3.63) is 29.8 Å². The number of benzene rings is 1. The van der Waals surface area contributed by atoms with Gasteiger partial charge in [-0.3, -0.25) is 0 Å². The molecule has 1 aromatic carbocycles. The fourth-order valence-corrected chi connectivity index (χ4v) is 1.63. The van der Waals surface area contributed by atoms with E-state index >= 15 is 0 Å². The van der Waals surface area contributed by atoms with E-state index in [4.69, 9.17) is 9.84 Å². The molecule has 0 unspecified atom stereocenters. The number of urea groups is 1. The van der Waals surface area contributed by atoms with Gasteiger partial charge in [-0.1, -0.05) is 26.0 Å². The van der Waals surface area contributed by atoms with Gasteiger partial charge in [0.15, 0.2) is 0 Å². The third-order valence-electron chi connectivity index (χ3n) is 2.83. The molecule has 0 spiro atoms. The van der Waals surface area contributed by atoms with E-state index in [1.807, 2.05) is 12.1 Å². The van der Waals surface area contributed by atoms with Crippen LogP contribution >= 0.6 is 0 Å². The molecule has 6 heteroatoms. The number of methoxy groups -OCH3 is 1. The summed E-state index contributed by atoms with van der Waals surface area (Å²) in [6.45, 7) is 3.80. The lowest BCUT2D eigenvalue weighted by Crippen LogP contribution is -2.48. The maximum atomic E-state index is 11.6. The molecule has 0 aliphatic heterocycles. The Morgan fingerprint density at radius 1 is 1.25 bits per heavy atom. The van der Waals surface area contributed by atoms with E-state index in [-0.39, 0.29) is 5.92 Å². The Hall–Kier alpha value is -2.24. The number of hydrogen-bond acceptors (Lipinski definition) is 3. The molecule has 0 saturated carbocycles. The van der Waals surface area contributed by atoms with Crippen LogP contribution < -0.4 is 15.4 Å². The van der Waals surface area contributed by atoms with Crippen molar-refractivity contribution in [3.63, 3.8) is 0 Å². The molecular weight excluding hydrogens is 260 g/mol. The monoisotopic (exact) mass is 280 g/mol. The summed E-state index contributed by atoms with van der Waals surface area (Å²) < 4.78 is 5.04. The first-order chi connectivity index (χ1) is 9.43. The molecule has 1 atom stereocenters. The summed E-state index contributed by atoms with van der Waals surface area (Å²) in [5.74, 6) is -0.484. The highest BCUT2D eigenvalue weighted by molar-refractivity contribution is 5.82. The predicted octanol–water partition coefficient (Wildman–Crippen LogP) is 1.60. The quantitative estimate of drug-likeness (QED) is 0.738. The van der Waals surface area contributed by atoms with Crippen molar-refractivity contribution in [3.8, 4) is 5.75 Å². The zero-order valence-electron chi connectivity index (χ0n) is 11.8. The Morgan fingerprint density at radius 2 is 1.85 bits per heavy atom. The van der Waals surface area contributed by atoms with Gasteiger partial charge < -0.3 is 20.5 Å². The average molecular weight is 280 g/mol. The van der Waals surface area contributed by atoms with Crippen LogP contribution in [0.4, 0.5) is 4.79 Å². The van der Waals surface area contributed by atoms with Crippen LogP contribution in [-0.4, -0.2) is 30.3 Å². The molecule has 110 valence electrons. The van der Waals surface area contributed by atoms with Crippen molar-refractivity contribution in [1.29, 1.82) is 0 Å². The third-order valence-corrected chi connectivity index (χ3v) is 2.83. The number of rotatable bonds is 6. The molecular formula is C14H20N2O4. The van der Waals surface area contributed by atoms with Gasteiger partial charge >= 0.3 is 12.0 Å². The van der Waals surface area contributed by atoms with Crippen LogP contribution in [0.2, 0.25) is 0 Å². The molecule has 0 aromatic heterocycles. The molecule has 0 saturated heterocycles. The number of carbonyl (C=O) groups is 2. The number of hydrogen-bond donors (Lipinski definition) is 3. The van der Waals surface area contributed by atoms with E-state index in [9.17, 15) is 9.59 Å². The number of amides is 2. The first-order valence-corrected chi connectivity index (χ1v) is 6.34. The third kappa shape index (κ3) is 4.79. The fourth-order valence-electron chi connectivity index (χ4n) is 1.63. The molecule has 2 amide bonds. The van der Waals surface area contributed by atoms with Crippen LogP contribution in [0.1, 0.15) is 19.4 Å². The molecule has 0 radical (unpaired) electrons. The number of carboxylic acids is 1. The highest BCUT2D eigenvalue weighted by atomic mass is 16.5. The van der Waals surface area contributed by atoms with Crippen LogP contribution in [0.15, 0.2) is 24.3 Å². The standard InChI is InChI=1S/C14H20N2O4/c1-9(2)12(13(17)18)16-14(19)15-8-10-4-6-11(20-3)7-5-10/h4-7,9,12H,8H2,1-3H3,(H,17,18)(H2,15,16,19)/t12-/m0/s1. The van der Waals surface area contributed by atoms with Crippen LogP contribution in [0.5, 0.6) is 5.75 Å². The number of carboxylic acid groups (broad SMARTS) is 1. The number of carbonyl (C=O) groups excluding carboxylic acids is 1. The van der Waals surface area contributed by atoms with Crippen LogP contribution in [0, 0.1) is 5.92 Å². The maximum Gasteiger partial charge on any atom is 0.326 e. The summed E-state index contributed by atoms with van der Waals surface area (Å²) in [6, 6.07) is 5.85. The number of nitrogens with one attached hydrogen (secondary N) is 2. The SMILES string of the molecule is COc1ccc(CNC(=O)N[C@H](C(=O)O)C(C)C)cc1. The Bertz CT molecular complexity index is 457. The lowest BCUT2D eigenvalue weighted by molar-refractivity contribution is -0.140. The first kappa shape index (κ1) is 15.8. The van der Waals surface area contributed by atoms with E-state index in [1.165, 1.54) is 0 Å².